The molecule has 0 fully saturated rings. The summed E-state index contributed by atoms with van der Waals surface area (Å²) >= 11 is 2.09. The number of para-hydroxylation sites is 1. The molecule has 3 aliphatic heterocycles. The number of benzene rings is 5. The Bertz CT molecular complexity index is 2480. The van der Waals surface area contributed by atoms with Crippen molar-refractivity contribution in [2.75, 3.05) is 4.90 Å². The molecule has 60 heavy (non-hydrogen) atoms. The summed E-state index contributed by atoms with van der Waals surface area (Å²) in [4.78, 5) is 9.70. The van der Waals surface area contributed by atoms with Gasteiger partial charge in [0.1, 0.15) is 6.17 Å². The average molecular weight is 806 g/mol. The van der Waals surface area contributed by atoms with Gasteiger partial charge in [0.05, 0.1) is 18.2 Å². The van der Waals surface area contributed by atoms with Gasteiger partial charge in [-0.2, -0.15) is 0 Å². The molecule has 0 saturated heterocycles. The van der Waals surface area contributed by atoms with Gasteiger partial charge in [-0.25, -0.2) is 0 Å². The Kier molecular flexibility index (Phi) is 10.5. The second-order valence-electron chi connectivity index (χ2n) is 17.6. The molecule has 302 valence electrons. The molecular weight excluding hydrogens is 751 g/mol. The SMILES string of the molecule is C=C(NC(NC(N)c1ccccc1)c1ccccc1)C1CC=C(c2ccccc2)C=NC1C1CC=CC2(C)c3c(ccc4c3C3=CCC(C)CC3N4c3ccccc3)SC12. The van der Waals surface area contributed by atoms with E-state index in [2.05, 4.69) is 187 Å². The molecule has 0 saturated carbocycles. The van der Waals surface area contributed by atoms with Gasteiger partial charge in [-0.3, -0.25) is 10.3 Å². The molecule has 5 aromatic carbocycles. The normalized spacial score (nSPS) is 27.4. The largest absolute Gasteiger partial charge is 0.370 e. The van der Waals surface area contributed by atoms with Crippen molar-refractivity contribution < 1.29 is 0 Å². The van der Waals surface area contributed by atoms with Crippen LogP contribution >= 0.6 is 11.8 Å². The van der Waals surface area contributed by atoms with Gasteiger partial charge < -0.3 is 16.0 Å². The zero-order valence-electron chi connectivity index (χ0n) is 34.6. The van der Waals surface area contributed by atoms with Crippen LogP contribution in [0.15, 0.2) is 180 Å². The quantitative estimate of drug-likeness (QED) is 0.0969. The lowest BCUT2D eigenvalue weighted by atomic mass is 9.65. The van der Waals surface area contributed by atoms with Crippen molar-refractivity contribution in [1.29, 1.82) is 0 Å². The van der Waals surface area contributed by atoms with Crippen molar-refractivity contribution >= 4 is 40.5 Å². The summed E-state index contributed by atoms with van der Waals surface area (Å²) in [6.07, 6.45) is 15.6. The number of nitrogens with one attached hydrogen (secondary N) is 2. The first-order valence-corrected chi connectivity index (χ1v) is 22.7. The zero-order chi connectivity index (χ0) is 40.8. The van der Waals surface area contributed by atoms with Gasteiger partial charge in [-0.1, -0.05) is 154 Å². The minimum atomic E-state index is -0.372. The second kappa shape index (κ2) is 16.2. The molecule has 0 radical (unpaired) electrons. The first-order valence-electron chi connectivity index (χ1n) is 21.8. The lowest BCUT2D eigenvalue weighted by Gasteiger charge is -2.43. The molecule has 0 spiro atoms. The highest BCUT2D eigenvalue weighted by molar-refractivity contribution is 8.00. The molecule has 5 nitrogen and oxygen atoms in total. The molecule has 0 aromatic heterocycles. The lowest BCUT2D eigenvalue weighted by molar-refractivity contribution is 0.277. The highest BCUT2D eigenvalue weighted by Gasteiger charge is 2.54. The third-order valence-corrected chi connectivity index (χ3v) is 15.4. The summed E-state index contributed by atoms with van der Waals surface area (Å²) in [7, 11) is 0. The number of fused-ring (bicyclic) bond motifs is 7. The van der Waals surface area contributed by atoms with Gasteiger partial charge in [-0.15, -0.1) is 11.8 Å². The number of hydrogen-bond donors (Lipinski definition) is 3. The topological polar surface area (TPSA) is 65.7 Å². The van der Waals surface area contributed by atoms with E-state index in [-0.39, 0.29) is 35.6 Å². The molecule has 0 bridgehead atoms. The van der Waals surface area contributed by atoms with Crippen LogP contribution in [0.2, 0.25) is 0 Å². The molecular formula is C54H55N5S. The van der Waals surface area contributed by atoms with Crippen LogP contribution in [-0.4, -0.2) is 23.5 Å². The van der Waals surface area contributed by atoms with Crippen LogP contribution in [0.25, 0.3) is 11.1 Å². The van der Waals surface area contributed by atoms with Crippen LogP contribution in [0, 0.1) is 17.8 Å². The minimum Gasteiger partial charge on any atom is -0.370 e. The summed E-state index contributed by atoms with van der Waals surface area (Å²) in [5.41, 5.74) is 19.3. The maximum atomic E-state index is 6.85. The Balaban J connectivity index is 1.02. The Hall–Kier alpha value is -5.40. The molecule has 4 N–H and O–H groups in total. The Morgan fingerprint density at radius 2 is 1.52 bits per heavy atom. The van der Waals surface area contributed by atoms with Gasteiger partial charge in [0.15, 0.2) is 0 Å². The molecule has 6 heteroatoms. The second-order valence-corrected chi connectivity index (χ2v) is 18.8. The van der Waals surface area contributed by atoms with Crippen LogP contribution in [0.3, 0.4) is 0 Å². The van der Waals surface area contributed by atoms with Crippen LogP contribution in [-0.2, 0) is 5.41 Å². The molecule has 9 atom stereocenters. The van der Waals surface area contributed by atoms with Crippen molar-refractivity contribution in [2.45, 2.75) is 79.5 Å². The average Bonchev–Trinajstić information content (AvgIpc) is 3.67. The van der Waals surface area contributed by atoms with E-state index in [1.54, 1.807) is 0 Å². The minimum absolute atomic E-state index is 0.00544. The van der Waals surface area contributed by atoms with Crippen molar-refractivity contribution in [3.05, 3.63) is 198 Å². The van der Waals surface area contributed by atoms with E-state index in [1.165, 1.54) is 44.1 Å². The summed E-state index contributed by atoms with van der Waals surface area (Å²) in [5, 5.41) is 7.92. The fourth-order valence-electron chi connectivity index (χ4n) is 10.8. The van der Waals surface area contributed by atoms with Crippen LogP contribution in [0.5, 0.6) is 0 Å². The molecule has 9 unspecified atom stereocenters. The number of rotatable bonds is 10. The fourth-order valence-corrected chi connectivity index (χ4v) is 12.5. The number of nitrogens with two attached hydrogens (primary N) is 1. The number of anilines is 2. The molecule has 5 aliphatic rings. The van der Waals surface area contributed by atoms with E-state index >= 15 is 0 Å². The first kappa shape index (κ1) is 38.8. The summed E-state index contributed by atoms with van der Waals surface area (Å²) in [5.74, 6) is 0.962. The highest BCUT2D eigenvalue weighted by Crippen LogP contribution is 2.63. The summed E-state index contributed by atoms with van der Waals surface area (Å²) in [6.45, 7) is 9.78. The monoisotopic (exact) mass is 805 g/mol. The predicted octanol–water partition coefficient (Wildman–Crippen LogP) is 11.9. The van der Waals surface area contributed by atoms with E-state index in [9.17, 15) is 0 Å². The Morgan fingerprint density at radius 3 is 2.25 bits per heavy atom. The van der Waals surface area contributed by atoms with E-state index in [4.69, 9.17) is 17.3 Å². The van der Waals surface area contributed by atoms with Gasteiger partial charge in [0.25, 0.3) is 0 Å². The fraction of sp³-hybridized carbons (Fsp3) is 0.278. The molecule has 10 rings (SSSR count). The van der Waals surface area contributed by atoms with Gasteiger partial charge in [-0.05, 0) is 95.2 Å². The van der Waals surface area contributed by atoms with Crippen molar-refractivity contribution in [3.63, 3.8) is 0 Å². The van der Waals surface area contributed by atoms with Crippen LogP contribution < -0.4 is 21.3 Å². The maximum Gasteiger partial charge on any atom is 0.104 e. The predicted molar refractivity (Wildman–Crippen MR) is 252 cm³/mol. The van der Waals surface area contributed by atoms with Crippen molar-refractivity contribution in [3.8, 4) is 0 Å². The molecule has 3 heterocycles. The lowest BCUT2D eigenvalue weighted by Crippen LogP contribution is -2.46. The number of aliphatic imine (C=N–C) groups is 1. The molecule has 5 aromatic rings. The third-order valence-electron chi connectivity index (χ3n) is 13.8. The van der Waals surface area contributed by atoms with E-state index in [0.29, 0.717) is 17.2 Å². The maximum absolute atomic E-state index is 6.85. The smallest absolute Gasteiger partial charge is 0.104 e. The zero-order valence-corrected chi connectivity index (χ0v) is 35.4. The van der Waals surface area contributed by atoms with Crippen molar-refractivity contribution in [1.82, 2.24) is 10.6 Å². The number of nitrogens with zero attached hydrogens (tertiary/aromatic N) is 2. The number of thioether (sulfide) groups is 1. The van der Waals surface area contributed by atoms with Crippen LogP contribution in [0.4, 0.5) is 11.4 Å². The van der Waals surface area contributed by atoms with Gasteiger partial charge >= 0.3 is 0 Å². The standard InChI is InChI=1S/C54H55N5S/c1-35-26-28-43-46(33-35)59(41-23-14-7-15-24-41)45-30-31-47-49(48(43)45)54(3)32-16-25-44(51(54)60-47)50-42(29-27-40(34-56-50)37-17-8-4-9-18-37)36(2)57-53(39-21-12-6-13-22-39)58-52(55)38-19-10-5-11-20-38/h4-24,27-28,30-32,34-35,42,44,46,50-53,57-58H,2,25-26,29,33,55H2,1,3H3. The van der Waals surface area contributed by atoms with Gasteiger partial charge in [0, 0.05) is 50.3 Å². The van der Waals surface area contributed by atoms with Crippen molar-refractivity contribution in [2.24, 2.45) is 28.5 Å². The van der Waals surface area contributed by atoms with E-state index in [0.717, 1.165) is 42.5 Å². The summed E-state index contributed by atoms with van der Waals surface area (Å²) < 4.78 is 0. The highest BCUT2D eigenvalue weighted by atomic mass is 32.2. The van der Waals surface area contributed by atoms with Crippen LogP contribution in [0.1, 0.15) is 79.7 Å². The Labute approximate surface area is 360 Å². The third kappa shape index (κ3) is 6.98. The molecule has 0 amide bonds. The first-order chi connectivity index (χ1) is 29.4. The van der Waals surface area contributed by atoms with Gasteiger partial charge in [0.2, 0.25) is 0 Å². The van der Waals surface area contributed by atoms with E-state index < -0.39 is 0 Å². The summed E-state index contributed by atoms with van der Waals surface area (Å²) in [6, 6.07) is 47.7. The molecule has 2 aliphatic carbocycles. The number of allylic oxidation sites excluding steroid dienone is 5. The number of hydrogen-bond acceptors (Lipinski definition) is 6. The van der Waals surface area contributed by atoms with E-state index in [1.807, 2.05) is 18.2 Å². The Morgan fingerprint density at radius 1 is 0.833 bits per heavy atom.